The van der Waals surface area contributed by atoms with Crippen molar-refractivity contribution in [2.75, 3.05) is 19.0 Å². The summed E-state index contributed by atoms with van der Waals surface area (Å²) in [6, 6.07) is 3.79. The summed E-state index contributed by atoms with van der Waals surface area (Å²) in [5.74, 6) is 0.349. The van der Waals surface area contributed by atoms with Gasteiger partial charge < -0.3 is 15.4 Å². The number of nitrogens with one attached hydrogen (secondary N) is 3. The predicted octanol–water partition coefficient (Wildman–Crippen LogP) is 1.47. The number of carbonyl (C=O) groups is 2. The number of anilines is 1. The predicted molar refractivity (Wildman–Crippen MR) is 86.6 cm³/mol. The summed E-state index contributed by atoms with van der Waals surface area (Å²) in [7, 11) is 1.37. The average molecular weight is 334 g/mol. The lowest BCUT2D eigenvalue weighted by atomic mass is 10.1. The van der Waals surface area contributed by atoms with Gasteiger partial charge in [0.15, 0.2) is 5.82 Å². The van der Waals surface area contributed by atoms with Gasteiger partial charge in [0.2, 0.25) is 0 Å². The SMILES string of the molecule is COC(=O)Cc1ccc(CNC(=O)c2[nH]nc3c2CCCN3)s1. The molecule has 1 aliphatic heterocycles. The molecule has 0 fully saturated rings. The molecule has 0 atom stereocenters. The summed E-state index contributed by atoms with van der Waals surface area (Å²) in [5, 5.41) is 13.0. The van der Waals surface area contributed by atoms with Crippen molar-refractivity contribution in [1.82, 2.24) is 15.5 Å². The van der Waals surface area contributed by atoms with E-state index < -0.39 is 0 Å². The number of thiophene rings is 1. The summed E-state index contributed by atoms with van der Waals surface area (Å²) in [4.78, 5) is 25.5. The zero-order valence-corrected chi connectivity index (χ0v) is 13.6. The van der Waals surface area contributed by atoms with Crippen molar-refractivity contribution in [1.29, 1.82) is 0 Å². The maximum absolute atomic E-state index is 12.3. The van der Waals surface area contributed by atoms with E-state index in [1.165, 1.54) is 18.4 Å². The Morgan fingerprint density at radius 2 is 2.22 bits per heavy atom. The second kappa shape index (κ2) is 6.82. The van der Waals surface area contributed by atoms with Crippen LogP contribution in [-0.4, -0.2) is 35.7 Å². The highest BCUT2D eigenvalue weighted by Gasteiger charge is 2.21. The summed E-state index contributed by atoms with van der Waals surface area (Å²) < 4.78 is 4.64. The Morgan fingerprint density at radius 3 is 3.04 bits per heavy atom. The van der Waals surface area contributed by atoms with E-state index in [9.17, 15) is 9.59 Å². The normalized spacial score (nSPS) is 13.1. The monoisotopic (exact) mass is 334 g/mol. The number of rotatable bonds is 5. The molecule has 0 saturated heterocycles. The van der Waals surface area contributed by atoms with Crippen LogP contribution in [0.2, 0.25) is 0 Å². The first-order valence-corrected chi connectivity index (χ1v) is 8.22. The van der Waals surface area contributed by atoms with Crippen LogP contribution in [0.3, 0.4) is 0 Å². The van der Waals surface area contributed by atoms with E-state index in [-0.39, 0.29) is 18.3 Å². The molecule has 0 aliphatic carbocycles. The van der Waals surface area contributed by atoms with Crippen LogP contribution in [0.1, 0.15) is 32.2 Å². The van der Waals surface area contributed by atoms with E-state index in [4.69, 9.17) is 0 Å². The molecule has 3 heterocycles. The number of carbonyl (C=O) groups excluding carboxylic acids is 2. The zero-order valence-electron chi connectivity index (χ0n) is 12.8. The first-order chi connectivity index (χ1) is 11.2. The van der Waals surface area contributed by atoms with Crippen molar-refractivity contribution < 1.29 is 14.3 Å². The first kappa shape index (κ1) is 15.5. The third kappa shape index (κ3) is 3.53. The van der Waals surface area contributed by atoms with E-state index >= 15 is 0 Å². The van der Waals surface area contributed by atoms with Gasteiger partial charge in [-0.25, -0.2) is 0 Å². The molecule has 1 amide bonds. The van der Waals surface area contributed by atoms with Crippen LogP contribution >= 0.6 is 11.3 Å². The minimum atomic E-state index is -0.265. The number of esters is 1. The largest absolute Gasteiger partial charge is 0.469 e. The topological polar surface area (TPSA) is 96.1 Å². The van der Waals surface area contributed by atoms with E-state index in [0.717, 1.165) is 40.5 Å². The number of aromatic amines is 1. The number of aromatic nitrogens is 2. The van der Waals surface area contributed by atoms with Gasteiger partial charge in [0.1, 0.15) is 5.69 Å². The van der Waals surface area contributed by atoms with E-state index in [1.807, 2.05) is 12.1 Å². The summed E-state index contributed by atoms with van der Waals surface area (Å²) in [6.07, 6.45) is 2.10. The van der Waals surface area contributed by atoms with E-state index in [0.29, 0.717) is 12.2 Å². The number of nitrogens with zero attached hydrogens (tertiary/aromatic N) is 1. The Bertz CT molecular complexity index is 722. The number of methoxy groups -OCH3 is 1. The highest BCUT2D eigenvalue weighted by Crippen LogP contribution is 2.22. The molecule has 0 bridgehead atoms. The van der Waals surface area contributed by atoms with Crippen molar-refractivity contribution in [3.63, 3.8) is 0 Å². The molecule has 0 aromatic carbocycles. The second-order valence-electron chi connectivity index (χ2n) is 5.26. The van der Waals surface area contributed by atoms with Gasteiger partial charge >= 0.3 is 5.97 Å². The number of amides is 1. The molecule has 0 radical (unpaired) electrons. The van der Waals surface area contributed by atoms with E-state index in [2.05, 4.69) is 25.6 Å². The molecule has 3 N–H and O–H groups in total. The molecule has 2 aromatic heterocycles. The van der Waals surface area contributed by atoms with Gasteiger partial charge in [-0.2, -0.15) is 5.10 Å². The summed E-state index contributed by atoms with van der Waals surface area (Å²) in [5.41, 5.74) is 1.48. The molecule has 0 spiro atoms. The molecule has 7 nitrogen and oxygen atoms in total. The Balaban J connectivity index is 1.59. The van der Waals surface area contributed by atoms with E-state index in [1.54, 1.807) is 0 Å². The van der Waals surface area contributed by atoms with Crippen molar-refractivity contribution in [2.45, 2.75) is 25.8 Å². The van der Waals surface area contributed by atoms with Gasteiger partial charge in [0.05, 0.1) is 20.1 Å². The Morgan fingerprint density at radius 1 is 1.39 bits per heavy atom. The number of H-pyrrole nitrogens is 1. The summed E-state index contributed by atoms with van der Waals surface area (Å²) >= 11 is 1.49. The van der Waals surface area contributed by atoms with Gasteiger partial charge in [-0.3, -0.25) is 14.7 Å². The molecule has 1 aliphatic rings. The molecule has 0 saturated carbocycles. The van der Waals surface area contributed by atoms with Gasteiger partial charge in [-0.05, 0) is 25.0 Å². The van der Waals surface area contributed by atoms with Crippen molar-refractivity contribution in [3.8, 4) is 0 Å². The molecule has 8 heteroatoms. The fourth-order valence-corrected chi connectivity index (χ4v) is 3.44. The minimum Gasteiger partial charge on any atom is -0.469 e. The van der Waals surface area contributed by atoms with Gasteiger partial charge in [0, 0.05) is 21.9 Å². The first-order valence-electron chi connectivity index (χ1n) is 7.41. The smallest absolute Gasteiger partial charge is 0.310 e. The third-order valence-electron chi connectivity index (χ3n) is 3.68. The van der Waals surface area contributed by atoms with Crippen LogP contribution in [0.25, 0.3) is 0 Å². The number of hydrogen-bond donors (Lipinski definition) is 3. The third-order valence-corrected chi connectivity index (χ3v) is 4.76. The fraction of sp³-hybridized carbons (Fsp3) is 0.400. The van der Waals surface area contributed by atoms with Gasteiger partial charge in [-0.1, -0.05) is 0 Å². The van der Waals surface area contributed by atoms with Gasteiger partial charge in [0.25, 0.3) is 5.91 Å². The van der Waals surface area contributed by atoms with Crippen LogP contribution in [-0.2, 0) is 28.9 Å². The molecule has 23 heavy (non-hydrogen) atoms. The van der Waals surface area contributed by atoms with Gasteiger partial charge in [-0.15, -0.1) is 11.3 Å². The Labute approximate surface area is 137 Å². The number of fused-ring (bicyclic) bond motifs is 1. The molecule has 0 unspecified atom stereocenters. The number of ether oxygens (including phenoxy) is 1. The maximum atomic E-state index is 12.3. The zero-order chi connectivity index (χ0) is 16.2. The van der Waals surface area contributed by atoms with Crippen LogP contribution in [0.5, 0.6) is 0 Å². The molecule has 2 aromatic rings. The van der Waals surface area contributed by atoms with Crippen LogP contribution < -0.4 is 10.6 Å². The average Bonchev–Trinajstić information content (AvgIpc) is 3.19. The molecular formula is C15H18N4O3S. The van der Waals surface area contributed by atoms with Crippen molar-refractivity contribution in [3.05, 3.63) is 33.1 Å². The van der Waals surface area contributed by atoms with Crippen molar-refractivity contribution >= 4 is 29.0 Å². The van der Waals surface area contributed by atoms with Crippen LogP contribution in [0.4, 0.5) is 5.82 Å². The van der Waals surface area contributed by atoms with Crippen LogP contribution in [0.15, 0.2) is 12.1 Å². The maximum Gasteiger partial charge on any atom is 0.310 e. The Hall–Kier alpha value is -2.35. The molecule has 122 valence electrons. The molecular weight excluding hydrogens is 316 g/mol. The quantitative estimate of drug-likeness (QED) is 0.720. The second-order valence-corrected chi connectivity index (χ2v) is 6.51. The van der Waals surface area contributed by atoms with Crippen molar-refractivity contribution in [2.24, 2.45) is 0 Å². The summed E-state index contributed by atoms with van der Waals surface area (Å²) in [6.45, 7) is 1.31. The number of hydrogen-bond acceptors (Lipinski definition) is 6. The minimum absolute atomic E-state index is 0.162. The lowest BCUT2D eigenvalue weighted by molar-refractivity contribution is -0.139. The lowest BCUT2D eigenvalue weighted by Crippen LogP contribution is -2.24. The Kier molecular flexibility index (Phi) is 4.61. The molecule has 3 rings (SSSR count). The standard InChI is InChI=1S/C15H18N4O3S/c1-22-12(20)7-9-4-5-10(23-9)8-17-15(21)13-11-3-2-6-16-14(11)19-18-13/h4-5H,2-3,6-8H2,1H3,(H,17,21)(H2,16,18,19). The lowest BCUT2D eigenvalue weighted by Gasteiger charge is -2.12. The fourth-order valence-electron chi connectivity index (χ4n) is 2.50. The van der Waals surface area contributed by atoms with Crippen LogP contribution in [0, 0.1) is 0 Å². The highest BCUT2D eigenvalue weighted by atomic mass is 32.1. The highest BCUT2D eigenvalue weighted by molar-refractivity contribution is 7.12.